The molecule has 5 rings (SSSR count). The summed E-state index contributed by atoms with van der Waals surface area (Å²) in [5, 5.41) is 14.3. The van der Waals surface area contributed by atoms with E-state index in [4.69, 9.17) is 9.84 Å². The maximum absolute atomic E-state index is 6.08. The molecule has 0 spiro atoms. The highest BCUT2D eigenvalue weighted by Gasteiger charge is 2.26. The maximum atomic E-state index is 6.08. The van der Waals surface area contributed by atoms with Crippen LogP contribution in [0.4, 0.5) is 0 Å². The van der Waals surface area contributed by atoms with Gasteiger partial charge < -0.3 is 4.74 Å². The quantitative estimate of drug-likeness (QED) is 0.541. The van der Waals surface area contributed by atoms with E-state index in [1.165, 1.54) is 11.1 Å². The van der Waals surface area contributed by atoms with Crippen molar-refractivity contribution in [2.45, 2.75) is 38.7 Å². The minimum atomic E-state index is -0.0779. The Hall–Kier alpha value is -2.80. The van der Waals surface area contributed by atoms with Crippen LogP contribution in [0.25, 0.3) is 16.3 Å². The predicted octanol–water partition coefficient (Wildman–Crippen LogP) is 3.94. The van der Waals surface area contributed by atoms with E-state index in [-0.39, 0.29) is 5.60 Å². The molecule has 0 saturated carbocycles. The van der Waals surface area contributed by atoms with Gasteiger partial charge in [0.25, 0.3) is 0 Å². The van der Waals surface area contributed by atoms with Gasteiger partial charge in [-0.05, 0) is 56.0 Å². The van der Waals surface area contributed by atoms with Crippen molar-refractivity contribution in [2.75, 3.05) is 0 Å². The minimum Gasteiger partial charge on any atom is -0.488 e. The number of aromatic nitrogens is 5. The maximum Gasteiger partial charge on any atom is 0.234 e. The van der Waals surface area contributed by atoms with Crippen LogP contribution in [0.3, 0.4) is 0 Å². The van der Waals surface area contributed by atoms with Crippen LogP contribution in [0.2, 0.25) is 0 Å². The van der Waals surface area contributed by atoms with Gasteiger partial charge in [0.05, 0.1) is 0 Å². The third kappa shape index (κ3) is 3.08. The molecular formula is C20H19N5OS. The molecule has 3 aromatic heterocycles. The Balaban J connectivity index is 1.43. The summed E-state index contributed by atoms with van der Waals surface area (Å²) >= 11 is 1.58. The van der Waals surface area contributed by atoms with Crippen molar-refractivity contribution in [2.24, 2.45) is 0 Å². The molecule has 0 saturated heterocycles. The van der Waals surface area contributed by atoms with E-state index in [0.717, 1.165) is 46.4 Å². The molecule has 0 atom stereocenters. The first-order valence-corrected chi connectivity index (χ1v) is 9.81. The van der Waals surface area contributed by atoms with Crippen LogP contribution in [0.1, 0.15) is 36.4 Å². The van der Waals surface area contributed by atoms with Crippen LogP contribution in [-0.4, -0.2) is 30.4 Å². The summed E-state index contributed by atoms with van der Waals surface area (Å²) in [6, 6.07) is 10.3. The van der Waals surface area contributed by atoms with Crippen molar-refractivity contribution in [3.63, 3.8) is 0 Å². The van der Waals surface area contributed by atoms with Crippen molar-refractivity contribution in [3.05, 3.63) is 58.9 Å². The zero-order valence-electron chi connectivity index (χ0n) is 15.2. The summed E-state index contributed by atoms with van der Waals surface area (Å²) in [6.07, 6.45) is 6.36. The van der Waals surface area contributed by atoms with E-state index in [1.807, 2.05) is 16.6 Å². The van der Waals surface area contributed by atoms with Crippen LogP contribution in [0, 0.1) is 0 Å². The van der Waals surface area contributed by atoms with Crippen LogP contribution < -0.4 is 4.74 Å². The topological polar surface area (TPSA) is 65.2 Å². The average molecular weight is 377 g/mol. The molecule has 1 aromatic carbocycles. The molecule has 0 fully saturated rings. The Morgan fingerprint density at radius 3 is 2.85 bits per heavy atom. The minimum absolute atomic E-state index is 0.0779. The van der Waals surface area contributed by atoms with Gasteiger partial charge in [-0.2, -0.15) is 9.61 Å². The molecule has 7 heteroatoms. The molecule has 1 aliphatic rings. The summed E-state index contributed by atoms with van der Waals surface area (Å²) in [5.74, 6) is 1.75. The number of rotatable bonds is 3. The fraction of sp³-hybridized carbons (Fsp3) is 0.300. The van der Waals surface area contributed by atoms with E-state index in [9.17, 15) is 0 Å². The first-order chi connectivity index (χ1) is 13.1. The monoisotopic (exact) mass is 377 g/mol. The predicted molar refractivity (Wildman–Crippen MR) is 104 cm³/mol. The van der Waals surface area contributed by atoms with Gasteiger partial charge in [0.15, 0.2) is 5.82 Å². The van der Waals surface area contributed by atoms with E-state index >= 15 is 0 Å². The highest BCUT2D eigenvalue weighted by molar-refractivity contribution is 7.16. The van der Waals surface area contributed by atoms with E-state index in [0.29, 0.717) is 0 Å². The largest absolute Gasteiger partial charge is 0.488 e. The Bertz CT molecular complexity index is 1120. The Kier molecular flexibility index (Phi) is 3.72. The molecule has 136 valence electrons. The Labute approximate surface area is 160 Å². The lowest BCUT2D eigenvalue weighted by Gasteiger charge is -2.32. The summed E-state index contributed by atoms with van der Waals surface area (Å²) in [7, 11) is 0. The summed E-state index contributed by atoms with van der Waals surface area (Å²) in [5.41, 5.74) is 3.41. The van der Waals surface area contributed by atoms with E-state index in [1.54, 1.807) is 23.7 Å². The first kappa shape index (κ1) is 16.4. The van der Waals surface area contributed by atoms with Gasteiger partial charge in [0.2, 0.25) is 4.96 Å². The van der Waals surface area contributed by atoms with Crippen LogP contribution >= 0.6 is 11.3 Å². The number of hydrogen-bond acceptors (Lipinski definition) is 6. The molecule has 0 radical (unpaired) electrons. The third-order valence-corrected chi connectivity index (χ3v) is 5.73. The molecule has 0 N–H and O–H groups in total. The lowest BCUT2D eigenvalue weighted by molar-refractivity contribution is 0.0846. The number of ether oxygens (including phenoxy) is 1. The zero-order valence-corrected chi connectivity index (χ0v) is 16.0. The van der Waals surface area contributed by atoms with Crippen molar-refractivity contribution in [1.82, 2.24) is 24.8 Å². The molecule has 0 aliphatic carbocycles. The Morgan fingerprint density at radius 2 is 2.00 bits per heavy atom. The van der Waals surface area contributed by atoms with Gasteiger partial charge in [-0.1, -0.05) is 23.5 Å². The number of benzene rings is 1. The summed E-state index contributed by atoms with van der Waals surface area (Å²) < 4.78 is 7.90. The van der Waals surface area contributed by atoms with Crippen LogP contribution in [-0.2, 0) is 12.8 Å². The van der Waals surface area contributed by atoms with Gasteiger partial charge in [0.1, 0.15) is 16.4 Å². The molecule has 0 bridgehead atoms. The van der Waals surface area contributed by atoms with Crippen molar-refractivity contribution in [3.8, 4) is 17.1 Å². The fourth-order valence-electron chi connectivity index (χ4n) is 3.41. The molecule has 27 heavy (non-hydrogen) atoms. The second-order valence-corrected chi connectivity index (χ2v) is 8.47. The normalized spacial score (nSPS) is 15.5. The molecule has 1 aliphatic heterocycles. The number of pyridine rings is 1. The van der Waals surface area contributed by atoms with Gasteiger partial charge in [-0.25, -0.2) is 0 Å². The van der Waals surface area contributed by atoms with Gasteiger partial charge >= 0.3 is 0 Å². The fourth-order valence-corrected chi connectivity index (χ4v) is 4.27. The molecule has 4 heterocycles. The standard InChI is InChI=1S/C20H19N5OS/c1-20(2)8-5-15-11-13(3-4-16(15)26-20)12-17-24-25-18(22-23-19(25)27-17)14-6-9-21-10-7-14/h3-4,6-7,9-11H,5,8,12H2,1-2H3. The van der Waals surface area contributed by atoms with E-state index in [2.05, 4.69) is 47.2 Å². The highest BCUT2D eigenvalue weighted by atomic mass is 32.1. The van der Waals surface area contributed by atoms with Gasteiger partial charge in [-0.15, -0.1) is 10.2 Å². The average Bonchev–Trinajstić information content (AvgIpc) is 3.22. The molecule has 4 aromatic rings. The number of fused-ring (bicyclic) bond motifs is 2. The second kappa shape index (κ2) is 6.13. The van der Waals surface area contributed by atoms with Gasteiger partial charge in [-0.3, -0.25) is 4.98 Å². The summed E-state index contributed by atoms with van der Waals surface area (Å²) in [4.78, 5) is 4.86. The molecule has 0 amide bonds. The zero-order chi connectivity index (χ0) is 18.4. The van der Waals surface area contributed by atoms with Gasteiger partial charge in [0, 0.05) is 24.4 Å². The lowest BCUT2D eigenvalue weighted by Crippen LogP contribution is -2.32. The molecule has 0 unspecified atom stereocenters. The van der Waals surface area contributed by atoms with Crippen LogP contribution in [0.5, 0.6) is 5.75 Å². The first-order valence-electron chi connectivity index (χ1n) is 9.00. The molecular weight excluding hydrogens is 358 g/mol. The van der Waals surface area contributed by atoms with Crippen molar-refractivity contribution < 1.29 is 4.74 Å². The lowest BCUT2D eigenvalue weighted by atomic mass is 9.93. The number of nitrogens with zero attached hydrogens (tertiary/aromatic N) is 5. The Morgan fingerprint density at radius 1 is 1.15 bits per heavy atom. The van der Waals surface area contributed by atoms with Crippen molar-refractivity contribution >= 4 is 16.3 Å². The SMILES string of the molecule is CC1(C)CCc2cc(Cc3nn4c(-c5ccncc5)nnc4s3)ccc2O1. The van der Waals surface area contributed by atoms with Crippen molar-refractivity contribution in [1.29, 1.82) is 0 Å². The number of aryl methyl sites for hydroxylation is 1. The smallest absolute Gasteiger partial charge is 0.234 e. The molecule has 6 nitrogen and oxygen atoms in total. The highest BCUT2D eigenvalue weighted by Crippen LogP contribution is 2.34. The third-order valence-electron chi connectivity index (χ3n) is 4.83. The van der Waals surface area contributed by atoms with E-state index < -0.39 is 0 Å². The second-order valence-electron chi connectivity index (χ2n) is 7.43. The van der Waals surface area contributed by atoms with Crippen LogP contribution in [0.15, 0.2) is 42.7 Å². The summed E-state index contributed by atoms with van der Waals surface area (Å²) in [6.45, 7) is 4.28. The number of hydrogen-bond donors (Lipinski definition) is 0.